The highest BCUT2D eigenvalue weighted by atomic mass is 17.0. The summed E-state index contributed by atoms with van der Waals surface area (Å²) >= 11 is 0. The summed E-state index contributed by atoms with van der Waals surface area (Å²) in [6.07, 6.45) is -1.80. The van der Waals surface area contributed by atoms with Gasteiger partial charge in [-0.3, -0.25) is 9.63 Å². The number of unbranched alkanes of at least 4 members (excludes halogenated alkanes) is 1. The molecule has 0 amide bonds. The highest BCUT2D eigenvalue weighted by Gasteiger charge is 2.19. The third-order valence-corrected chi connectivity index (χ3v) is 4.78. The van der Waals surface area contributed by atoms with Crippen molar-refractivity contribution in [1.82, 2.24) is 0 Å². The molecule has 0 heterocycles. The van der Waals surface area contributed by atoms with Gasteiger partial charge in [-0.15, -0.1) is 10.1 Å². The molecule has 0 N–H and O–H groups in total. The second-order valence-electron chi connectivity index (χ2n) is 7.34. The smallest absolute Gasteiger partial charge is 0.497 e. The summed E-state index contributed by atoms with van der Waals surface area (Å²) in [5, 5.41) is 10.9. The number of rotatable bonds is 13. The maximum atomic E-state index is 12.3. The summed E-state index contributed by atoms with van der Waals surface area (Å²) in [6, 6.07) is 11.2. The van der Waals surface area contributed by atoms with Crippen LogP contribution in [-0.4, -0.2) is 56.4 Å². The molecule has 12 nitrogen and oxygen atoms in total. The normalized spacial score (nSPS) is 12.2. The number of ether oxygens (including phenoxy) is 5. The first-order valence-corrected chi connectivity index (χ1v) is 10.7. The zero-order valence-corrected chi connectivity index (χ0v) is 19.6. The highest BCUT2D eigenvalue weighted by molar-refractivity contribution is 5.87. The maximum Gasteiger partial charge on any atom is 0.510 e. The van der Waals surface area contributed by atoms with Gasteiger partial charge in [-0.1, -0.05) is 24.3 Å². The number of benzene rings is 2. The molecule has 0 radical (unpaired) electrons. The van der Waals surface area contributed by atoms with Crippen LogP contribution in [0, 0.1) is 10.1 Å². The Labute approximate surface area is 201 Å². The Morgan fingerprint density at radius 2 is 1.60 bits per heavy atom. The topological polar surface area (TPSA) is 150 Å². The molecule has 0 saturated heterocycles. The van der Waals surface area contributed by atoms with Gasteiger partial charge in [-0.25, -0.2) is 9.59 Å². The number of fused-ring (bicyclic) bond motifs is 1. The highest BCUT2D eigenvalue weighted by Crippen LogP contribution is 2.25. The number of methoxy groups -OCH3 is 1. The number of carbonyl (C=O) groups is 3. The molecule has 35 heavy (non-hydrogen) atoms. The average molecular weight is 493 g/mol. The predicted molar refractivity (Wildman–Crippen MR) is 120 cm³/mol. The minimum Gasteiger partial charge on any atom is -0.497 e. The van der Waals surface area contributed by atoms with Crippen LogP contribution in [0.5, 0.6) is 5.75 Å². The van der Waals surface area contributed by atoms with E-state index >= 15 is 0 Å². The Balaban J connectivity index is 1.63. The Morgan fingerprint density at radius 3 is 2.29 bits per heavy atom. The standard InChI is InChI=1S/C23H27NO11/c1-15(17-6-7-19-13-20(30-3)9-8-18(19)12-17)22(26)33-14-21(25)31-10-4-5-11-32-23(27)34-16(2)35-24(28)29/h6-9,12-13,15-16H,4-5,10-11,14H2,1-3H3/t15-,16?/m0/s1. The van der Waals surface area contributed by atoms with Gasteiger partial charge in [-0.2, -0.15) is 0 Å². The third-order valence-electron chi connectivity index (χ3n) is 4.78. The van der Waals surface area contributed by atoms with Gasteiger partial charge < -0.3 is 23.7 Å². The molecule has 0 spiro atoms. The van der Waals surface area contributed by atoms with Gasteiger partial charge in [0.25, 0.3) is 5.09 Å². The van der Waals surface area contributed by atoms with Crippen molar-refractivity contribution in [2.45, 2.75) is 38.9 Å². The van der Waals surface area contributed by atoms with E-state index in [9.17, 15) is 24.5 Å². The second-order valence-corrected chi connectivity index (χ2v) is 7.34. The fourth-order valence-electron chi connectivity index (χ4n) is 2.93. The minimum absolute atomic E-state index is 0.0271. The van der Waals surface area contributed by atoms with E-state index in [1.165, 1.54) is 0 Å². The van der Waals surface area contributed by atoms with E-state index < -0.39 is 42.0 Å². The van der Waals surface area contributed by atoms with E-state index in [-0.39, 0.29) is 13.2 Å². The quantitative estimate of drug-likeness (QED) is 0.101. The van der Waals surface area contributed by atoms with Gasteiger partial charge in [0, 0.05) is 0 Å². The maximum absolute atomic E-state index is 12.3. The van der Waals surface area contributed by atoms with Gasteiger partial charge in [0.05, 0.1) is 26.2 Å². The van der Waals surface area contributed by atoms with Crippen LogP contribution in [0.2, 0.25) is 0 Å². The van der Waals surface area contributed by atoms with E-state index in [4.69, 9.17) is 18.9 Å². The van der Waals surface area contributed by atoms with Gasteiger partial charge >= 0.3 is 18.1 Å². The predicted octanol–water partition coefficient (Wildman–Crippen LogP) is 3.53. The summed E-state index contributed by atoms with van der Waals surface area (Å²) in [7, 11) is 1.59. The number of esters is 2. The van der Waals surface area contributed by atoms with Crippen LogP contribution in [0.3, 0.4) is 0 Å². The van der Waals surface area contributed by atoms with Gasteiger partial charge in [0.15, 0.2) is 6.61 Å². The molecule has 0 aliphatic rings. The lowest BCUT2D eigenvalue weighted by Gasteiger charge is -2.13. The Bertz CT molecular complexity index is 1040. The zero-order chi connectivity index (χ0) is 25.8. The van der Waals surface area contributed by atoms with E-state index in [0.29, 0.717) is 12.8 Å². The van der Waals surface area contributed by atoms with Crippen molar-refractivity contribution in [3.8, 4) is 5.75 Å². The van der Waals surface area contributed by atoms with Crippen molar-refractivity contribution in [3.05, 3.63) is 52.1 Å². The Morgan fingerprint density at radius 1 is 0.943 bits per heavy atom. The number of hydrogen-bond acceptors (Lipinski definition) is 11. The molecule has 0 saturated carbocycles. The zero-order valence-electron chi connectivity index (χ0n) is 19.6. The number of hydrogen-bond donors (Lipinski definition) is 0. The molecule has 0 aromatic heterocycles. The molecule has 0 fully saturated rings. The number of nitrogens with zero attached hydrogens (tertiary/aromatic N) is 1. The van der Waals surface area contributed by atoms with Gasteiger partial charge in [0.2, 0.25) is 6.29 Å². The largest absolute Gasteiger partial charge is 0.510 e. The lowest BCUT2D eigenvalue weighted by Crippen LogP contribution is -2.22. The van der Waals surface area contributed by atoms with E-state index in [2.05, 4.69) is 9.57 Å². The van der Waals surface area contributed by atoms with Crippen molar-refractivity contribution < 1.29 is 48.0 Å². The van der Waals surface area contributed by atoms with Gasteiger partial charge in [-0.05, 0) is 55.2 Å². The molecule has 2 aromatic rings. The fraction of sp³-hybridized carbons (Fsp3) is 0.435. The van der Waals surface area contributed by atoms with Crippen molar-refractivity contribution in [1.29, 1.82) is 0 Å². The Kier molecular flexibility index (Phi) is 10.5. The molecule has 1 unspecified atom stereocenters. The molecule has 2 rings (SSSR count). The van der Waals surface area contributed by atoms with Crippen LogP contribution in [0.25, 0.3) is 10.8 Å². The molecule has 0 aliphatic carbocycles. The summed E-state index contributed by atoms with van der Waals surface area (Å²) in [5.74, 6) is -1.11. The Hall–Kier alpha value is -4.09. The summed E-state index contributed by atoms with van der Waals surface area (Å²) < 4.78 is 24.4. The van der Waals surface area contributed by atoms with Crippen molar-refractivity contribution >= 4 is 28.9 Å². The average Bonchev–Trinajstić information content (AvgIpc) is 2.82. The minimum atomic E-state index is -1.39. The van der Waals surface area contributed by atoms with Crippen LogP contribution in [0.4, 0.5) is 4.79 Å². The molecular weight excluding hydrogens is 466 g/mol. The lowest BCUT2D eigenvalue weighted by atomic mass is 9.98. The van der Waals surface area contributed by atoms with E-state index in [1.54, 1.807) is 14.0 Å². The summed E-state index contributed by atoms with van der Waals surface area (Å²) in [6.45, 7) is 2.31. The molecule has 0 bridgehead atoms. The van der Waals surface area contributed by atoms with Gasteiger partial charge in [0.1, 0.15) is 5.75 Å². The first-order valence-electron chi connectivity index (χ1n) is 10.7. The van der Waals surface area contributed by atoms with Crippen LogP contribution in [0.1, 0.15) is 38.2 Å². The van der Waals surface area contributed by atoms with Crippen LogP contribution >= 0.6 is 0 Å². The monoisotopic (exact) mass is 493 g/mol. The van der Waals surface area contributed by atoms with Crippen molar-refractivity contribution in [2.75, 3.05) is 26.9 Å². The van der Waals surface area contributed by atoms with Crippen LogP contribution < -0.4 is 4.74 Å². The first-order chi connectivity index (χ1) is 16.7. The summed E-state index contributed by atoms with van der Waals surface area (Å²) in [4.78, 5) is 49.5. The van der Waals surface area contributed by atoms with Crippen molar-refractivity contribution in [3.63, 3.8) is 0 Å². The number of carbonyl (C=O) groups excluding carboxylic acids is 3. The second kappa shape index (κ2) is 13.6. The van der Waals surface area contributed by atoms with E-state index in [1.807, 2.05) is 36.4 Å². The molecule has 190 valence electrons. The lowest BCUT2D eigenvalue weighted by molar-refractivity contribution is -0.777. The molecule has 2 aromatic carbocycles. The first kappa shape index (κ1) is 27.2. The molecule has 12 heteroatoms. The van der Waals surface area contributed by atoms with Crippen LogP contribution in [-0.2, 0) is 33.4 Å². The van der Waals surface area contributed by atoms with E-state index in [0.717, 1.165) is 29.0 Å². The summed E-state index contributed by atoms with van der Waals surface area (Å²) in [5.41, 5.74) is 0.749. The third kappa shape index (κ3) is 9.35. The molecule has 2 atom stereocenters. The molecule has 0 aliphatic heterocycles. The SMILES string of the molecule is COc1ccc2cc([C@H](C)C(=O)OCC(=O)OCCCCOC(=O)OC(C)O[N+](=O)[O-])ccc2c1. The fourth-order valence-corrected chi connectivity index (χ4v) is 2.93. The van der Waals surface area contributed by atoms with Crippen molar-refractivity contribution in [2.24, 2.45) is 0 Å². The molecular formula is C23H27NO11. The van der Waals surface area contributed by atoms with Crippen LogP contribution in [0.15, 0.2) is 36.4 Å².